The summed E-state index contributed by atoms with van der Waals surface area (Å²) < 4.78 is 27.6. The van der Waals surface area contributed by atoms with E-state index in [9.17, 15) is 8.42 Å². The molecule has 27 heavy (non-hydrogen) atoms. The van der Waals surface area contributed by atoms with Gasteiger partial charge in [-0.2, -0.15) is 0 Å². The van der Waals surface area contributed by atoms with E-state index in [1.807, 2.05) is 18.2 Å². The second-order valence-electron chi connectivity index (χ2n) is 7.39. The summed E-state index contributed by atoms with van der Waals surface area (Å²) in [4.78, 5) is 5.10. The number of aromatic nitrogens is 2. The summed E-state index contributed by atoms with van der Waals surface area (Å²) in [6.45, 7) is 4.31. The number of hydrogen-bond acceptors (Lipinski definition) is 3. The summed E-state index contributed by atoms with van der Waals surface area (Å²) >= 11 is 0. The normalized spacial score (nSPS) is 14.9. The molecule has 0 amide bonds. The Labute approximate surface area is 158 Å². The van der Waals surface area contributed by atoms with Crippen LogP contribution in [0.25, 0.3) is 22.3 Å². The van der Waals surface area contributed by atoms with Crippen molar-refractivity contribution < 1.29 is 8.42 Å². The molecule has 134 valence electrons. The van der Waals surface area contributed by atoms with Crippen molar-refractivity contribution in [3.63, 3.8) is 0 Å². The summed E-state index contributed by atoms with van der Waals surface area (Å²) in [6, 6.07) is 20.5. The van der Waals surface area contributed by atoms with Gasteiger partial charge in [0.05, 0.1) is 21.6 Å². The molecule has 5 rings (SSSR count). The maximum Gasteiger partial charge on any atom is 0.268 e. The summed E-state index contributed by atoms with van der Waals surface area (Å²) in [5, 5.41) is 0. The van der Waals surface area contributed by atoms with Crippen LogP contribution in [0.15, 0.2) is 77.8 Å². The molecule has 4 nitrogen and oxygen atoms in total. The van der Waals surface area contributed by atoms with E-state index in [0.717, 1.165) is 16.8 Å². The Morgan fingerprint density at radius 1 is 0.889 bits per heavy atom. The largest absolute Gasteiger partial charge is 0.268 e. The SMILES string of the molecule is CC1(C)c2ccccc2-c2nc3ccn(S(=O)(=O)c4ccccc4)c3cc21. The third kappa shape index (κ3) is 2.15. The zero-order valence-electron chi connectivity index (χ0n) is 15.0. The molecule has 0 N–H and O–H groups in total. The van der Waals surface area contributed by atoms with Crippen molar-refractivity contribution in [1.29, 1.82) is 0 Å². The van der Waals surface area contributed by atoms with E-state index in [2.05, 4.69) is 26.0 Å². The minimum atomic E-state index is -3.67. The van der Waals surface area contributed by atoms with Gasteiger partial charge in [-0.15, -0.1) is 0 Å². The van der Waals surface area contributed by atoms with Crippen LogP contribution in [0.1, 0.15) is 25.0 Å². The molecule has 0 bridgehead atoms. The zero-order valence-corrected chi connectivity index (χ0v) is 15.9. The zero-order chi connectivity index (χ0) is 18.8. The molecule has 0 spiro atoms. The minimum absolute atomic E-state index is 0.223. The van der Waals surface area contributed by atoms with E-state index >= 15 is 0 Å². The highest BCUT2D eigenvalue weighted by Crippen LogP contribution is 2.48. The molecule has 2 heterocycles. The second-order valence-corrected chi connectivity index (χ2v) is 9.20. The van der Waals surface area contributed by atoms with Crippen LogP contribution < -0.4 is 0 Å². The lowest BCUT2D eigenvalue weighted by Gasteiger charge is -2.21. The molecular weight excluding hydrogens is 356 g/mol. The highest BCUT2D eigenvalue weighted by Gasteiger charge is 2.37. The fraction of sp³-hybridized carbons (Fsp3) is 0.136. The first-order valence-corrected chi connectivity index (χ1v) is 10.3. The molecule has 0 saturated heterocycles. The molecule has 2 aromatic carbocycles. The fourth-order valence-corrected chi connectivity index (χ4v) is 5.37. The van der Waals surface area contributed by atoms with Crippen LogP contribution in [0.5, 0.6) is 0 Å². The van der Waals surface area contributed by atoms with Crippen LogP contribution >= 0.6 is 0 Å². The maximum atomic E-state index is 13.1. The Morgan fingerprint density at radius 3 is 2.37 bits per heavy atom. The highest BCUT2D eigenvalue weighted by atomic mass is 32.2. The molecule has 2 aromatic heterocycles. The molecule has 0 unspecified atom stereocenters. The van der Waals surface area contributed by atoms with Crippen LogP contribution in [-0.4, -0.2) is 17.4 Å². The first-order chi connectivity index (χ1) is 12.9. The van der Waals surface area contributed by atoms with Crippen molar-refractivity contribution in [2.75, 3.05) is 0 Å². The molecule has 0 aliphatic heterocycles. The molecule has 0 atom stereocenters. The number of fused-ring (bicyclic) bond motifs is 4. The van der Waals surface area contributed by atoms with Crippen molar-refractivity contribution in [3.8, 4) is 11.3 Å². The van der Waals surface area contributed by atoms with E-state index in [1.54, 1.807) is 42.6 Å². The van der Waals surface area contributed by atoms with Gasteiger partial charge in [0.1, 0.15) is 0 Å². The number of pyridine rings is 1. The van der Waals surface area contributed by atoms with Gasteiger partial charge in [0.25, 0.3) is 10.0 Å². The van der Waals surface area contributed by atoms with Crippen LogP contribution in [0.2, 0.25) is 0 Å². The monoisotopic (exact) mass is 374 g/mol. The van der Waals surface area contributed by atoms with Gasteiger partial charge in [-0.3, -0.25) is 0 Å². The van der Waals surface area contributed by atoms with Gasteiger partial charge in [0, 0.05) is 17.2 Å². The molecule has 1 aliphatic carbocycles. The van der Waals surface area contributed by atoms with Gasteiger partial charge >= 0.3 is 0 Å². The van der Waals surface area contributed by atoms with Crippen molar-refractivity contribution >= 4 is 21.1 Å². The number of rotatable bonds is 2. The van der Waals surface area contributed by atoms with Gasteiger partial charge in [0.2, 0.25) is 0 Å². The van der Waals surface area contributed by atoms with Crippen LogP contribution in [0.4, 0.5) is 0 Å². The van der Waals surface area contributed by atoms with E-state index in [0.29, 0.717) is 11.0 Å². The first kappa shape index (κ1) is 16.3. The molecule has 0 fully saturated rings. The molecule has 4 aromatic rings. The number of hydrogen-bond donors (Lipinski definition) is 0. The van der Waals surface area contributed by atoms with E-state index in [-0.39, 0.29) is 10.3 Å². The second kappa shape index (κ2) is 5.30. The minimum Gasteiger partial charge on any atom is -0.246 e. The third-order valence-electron chi connectivity index (χ3n) is 5.46. The van der Waals surface area contributed by atoms with Crippen LogP contribution in [0.3, 0.4) is 0 Å². The van der Waals surface area contributed by atoms with E-state index in [1.165, 1.54) is 9.54 Å². The summed E-state index contributed by atoms with van der Waals surface area (Å²) in [5.41, 5.74) is 5.41. The smallest absolute Gasteiger partial charge is 0.246 e. The molecule has 0 radical (unpaired) electrons. The Balaban J connectivity index is 1.78. The van der Waals surface area contributed by atoms with E-state index in [4.69, 9.17) is 4.98 Å². The Kier molecular flexibility index (Phi) is 3.19. The Hall–Kier alpha value is -2.92. The summed E-state index contributed by atoms with van der Waals surface area (Å²) in [7, 11) is -3.67. The van der Waals surface area contributed by atoms with Crippen molar-refractivity contribution in [3.05, 3.63) is 84.1 Å². The van der Waals surface area contributed by atoms with Gasteiger partial charge in [-0.05, 0) is 35.4 Å². The van der Waals surface area contributed by atoms with Crippen LogP contribution in [-0.2, 0) is 15.4 Å². The third-order valence-corrected chi connectivity index (χ3v) is 7.17. The maximum absolute atomic E-state index is 13.1. The van der Waals surface area contributed by atoms with Gasteiger partial charge in [-0.1, -0.05) is 56.3 Å². The topological polar surface area (TPSA) is 52.0 Å². The molecular formula is C22H18N2O2S. The molecule has 5 heteroatoms. The predicted molar refractivity (Wildman–Crippen MR) is 106 cm³/mol. The van der Waals surface area contributed by atoms with Crippen molar-refractivity contribution in [2.24, 2.45) is 0 Å². The lowest BCUT2D eigenvalue weighted by atomic mass is 9.83. The predicted octanol–water partition coefficient (Wildman–Crippen LogP) is 4.58. The lowest BCUT2D eigenvalue weighted by Crippen LogP contribution is -2.16. The van der Waals surface area contributed by atoms with Crippen molar-refractivity contribution in [1.82, 2.24) is 8.96 Å². The first-order valence-electron chi connectivity index (χ1n) is 8.84. The average Bonchev–Trinajstić information content (AvgIpc) is 3.19. The quantitative estimate of drug-likeness (QED) is 0.516. The molecule has 1 aliphatic rings. The highest BCUT2D eigenvalue weighted by molar-refractivity contribution is 7.90. The van der Waals surface area contributed by atoms with Gasteiger partial charge < -0.3 is 0 Å². The summed E-state index contributed by atoms with van der Waals surface area (Å²) in [6.07, 6.45) is 1.59. The van der Waals surface area contributed by atoms with E-state index < -0.39 is 10.0 Å². The Bertz CT molecular complexity index is 1300. The van der Waals surface area contributed by atoms with Crippen molar-refractivity contribution in [2.45, 2.75) is 24.2 Å². The fourth-order valence-electron chi connectivity index (χ4n) is 4.01. The average molecular weight is 374 g/mol. The summed E-state index contributed by atoms with van der Waals surface area (Å²) in [5.74, 6) is 0. The number of benzene rings is 2. The number of nitrogens with zero attached hydrogens (tertiary/aromatic N) is 2. The molecule has 0 saturated carbocycles. The van der Waals surface area contributed by atoms with Crippen LogP contribution in [0, 0.1) is 0 Å². The standard InChI is InChI=1S/C22H18N2O2S/c1-22(2)17-11-7-6-10-16(17)21-18(22)14-20-19(23-21)12-13-24(20)27(25,26)15-8-4-3-5-9-15/h3-14H,1-2H3. The lowest BCUT2D eigenvalue weighted by molar-refractivity contribution is 0.589. The Morgan fingerprint density at radius 2 is 1.59 bits per heavy atom. The van der Waals surface area contributed by atoms with Gasteiger partial charge in [0.15, 0.2) is 0 Å². The van der Waals surface area contributed by atoms with Gasteiger partial charge in [-0.25, -0.2) is 17.4 Å².